The van der Waals surface area contributed by atoms with Crippen molar-refractivity contribution in [3.63, 3.8) is 0 Å². The molecule has 1 aliphatic rings. The van der Waals surface area contributed by atoms with E-state index in [9.17, 15) is 9.59 Å². The number of aromatic carboxylic acids is 1. The molecule has 1 N–H and O–H groups in total. The Morgan fingerprint density at radius 2 is 2.07 bits per heavy atom. The van der Waals surface area contributed by atoms with Crippen LogP contribution in [0.3, 0.4) is 0 Å². The number of benzene rings is 1. The fourth-order valence-electron chi connectivity index (χ4n) is 2.28. The summed E-state index contributed by atoms with van der Waals surface area (Å²) in [6.07, 6.45) is 0.395. The molecule has 0 aromatic heterocycles. The van der Waals surface area contributed by atoms with Gasteiger partial charge in [0.1, 0.15) is 0 Å². The first kappa shape index (κ1) is 9.90. The van der Waals surface area contributed by atoms with Gasteiger partial charge < -0.3 is 5.11 Å². The second kappa shape index (κ2) is 2.92. The monoisotopic (exact) mass is 204 g/mol. The molecule has 1 aliphatic carbocycles. The average Bonchev–Trinajstić information content (AvgIpc) is 2.37. The minimum absolute atomic E-state index is 0.0399. The van der Waals surface area contributed by atoms with Crippen LogP contribution < -0.4 is 0 Å². The second-order valence-electron chi connectivity index (χ2n) is 4.52. The van der Waals surface area contributed by atoms with Crippen molar-refractivity contribution in [1.29, 1.82) is 0 Å². The van der Waals surface area contributed by atoms with Crippen LogP contribution in [-0.2, 0) is 5.41 Å². The molecule has 3 heteroatoms. The van der Waals surface area contributed by atoms with E-state index in [1.807, 2.05) is 13.8 Å². The Morgan fingerprint density at radius 1 is 1.40 bits per heavy atom. The maximum atomic E-state index is 11.7. The Labute approximate surface area is 87.7 Å². The topological polar surface area (TPSA) is 54.4 Å². The molecular weight excluding hydrogens is 192 g/mol. The zero-order valence-electron chi connectivity index (χ0n) is 8.70. The van der Waals surface area contributed by atoms with Crippen LogP contribution >= 0.6 is 0 Å². The van der Waals surface area contributed by atoms with Crippen molar-refractivity contribution < 1.29 is 14.7 Å². The Bertz CT molecular complexity index is 458. The number of fused-ring (bicyclic) bond motifs is 1. The van der Waals surface area contributed by atoms with Gasteiger partial charge >= 0.3 is 5.97 Å². The number of hydrogen-bond acceptors (Lipinski definition) is 2. The number of carbonyl (C=O) groups is 2. The largest absolute Gasteiger partial charge is 0.478 e. The van der Waals surface area contributed by atoms with E-state index in [-0.39, 0.29) is 16.8 Å². The van der Waals surface area contributed by atoms with Crippen molar-refractivity contribution >= 4 is 11.8 Å². The van der Waals surface area contributed by atoms with E-state index in [4.69, 9.17) is 5.11 Å². The quantitative estimate of drug-likeness (QED) is 0.763. The first-order chi connectivity index (χ1) is 6.93. The lowest BCUT2D eigenvalue weighted by Gasteiger charge is -2.19. The Hall–Kier alpha value is -1.64. The van der Waals surface area contributed by atoms with Crippen molar-refractivity contribution in [3.8, 4) is 0 Å². The molecule has 1 aromatic carbocycles. The lowest BCUT2D eigenvalue weighted by molar-refractivity contribution is 0.0693. The Morgan fingerprint density at radius 3 is 2.67 bits per heavy atom. The van der Waals surface area contributed by atoms with Crippen LogP contribution in [0.15, 0.2) is 18.2 Å². The van der Waals surface area contributed by atoms with Gasteiger partial charge in [0.05, 0.1) is 5.56 Å². The normalized spacial score (nSPS) is 17.6. The summed E-state index contributed by atoms with van der Waals surface area (Å²) < 4.78 is 0. The molecule has 0 saturated heterocycles. The molecule has 78 valence electrons. The van der Waals surface area contributed by atoms with Crippen molar-refractivity contribution in [3.05, 3.63) is 34.9 Å². The number of carboxylic acid groups (broad SMARTS) is 1. The summed E-state index contributed by atoms with van der Waals surface area (Å²) in [6.45, 7) is 3.81. The van der Waals surface area contributed by atoms with E-state index in [1.54, 1.807) is 18.2 Å². The number of Topliss-reactive ketones (excluding diaryl/α,β-unsaturated/α-hetero) is 1. The molecule has 0 fully saturated rings. The van der Waals surface area contributed by atoms with Crippen molar-refractivity contribution in [2.24, 2.45) is 0 Å². The SMILES string of the molecule is CC1(C)CC(=O)c2cccc(C(=O)O)c21. The molecule has 0 spiro atoms. The van der Waals surface area contributed by atoms with E-state index >= 15 is 0 Å². The molecule has 3 nitrogen and oxygen atoms in total. The summed E-state index contributed by atoms with van der Waals surface area (Å²) in [7, 11) is 0. The van der Waals surface area contributed by atoms with E-state index in [1.165, 1.54) is 0 Å². The fraction of sp³-hybridized carbons (Fsp3) is 0.333. The second-order valence-corrected chi connectivity index (χ2v) is 4.52. The molecule has 0 atom stereocenters. The van der Waals surface area contributed by atoms with Crippen LogP contribution in [-0.4, -0.2) is 16.9 Å². The van der Waals surface area contributed by atoms with Gasteiger partial charge in [0.2, 0.25) is 0 Å². The third-order valence-corrected chi connectivity index (χ3v) is 2.87. The van der Waals surface area contributed by atoms with Crippen LogP contribution in [0.1, 0.15) is 46.5 Å². The van der Waals surface area contributed by atoms with Gasteiger partial charge in [-0.3, -0.25) is 4.79 Å². The number of hydrogen-bond donors (Lipinski definition) is 1. The molecule has 0 saturated carbocycles. The third-order valence-electron chi connectivity index (χ3n) is 2.87. The zero-order chi connectivity index (χ0) is 11.2. The van der Waals surface area contributed by atoms with Crippen LogP contribution in [0.4, 0.5) is 0 Å². The number of carboxylic acids is 1. The highest BCUT2D eigenvalue weighted by Crippen LogP contribution is 2.40. The number of ketones is 1. The Kier molecular flexibility index (Phi) is 1.93. The standard InChI is InChI=1S/C12H12O3/c1-12(2)6-9(13)7-4-3-5-8(10(7)12)11(14)15/h3-5H,6H2,1-2H3,(H,14,15). The summed E-state index contributed by atoms with van der Waals surface area (Å²) in [6, 6.07) is 4.89. The molecule has 0 amide bonds. The maximum Gasteiger partial charge on any atom is 0.336 e. The van der Waals surface area contributed by atoms with Crippen molar-refractivity contribution in [2.75, 3.05) is 0 Å². The minimum Gasteiger partial charge on any atom is -0.478 e. The van der Waals surface area contributed by atoms with Gasteiger partial charge in [0.25, 0.3) is 0 Å². The summed E-state index contributed by atoms with van der Waals surface area (Å²) in [5.74, 6) is -0.923. The van der Waals surface area contributed by atoms with Crippen molar-refractivity contribution in [2.45, 2.75) is 25.7 Å². The van der Waals surface area contributed by atoms with Gasteiger partial charge in [-0.1, -0.05) is 26.0 Å². The third kappa shape index (κ3) is 1.35. The van der Waals surface area contributed by atoms with E-state index in [2.05, 4.69) is 0 Å². The molecule has 15 heavy (non-hydrogen) atoms. The van der Waals surface area contributed by atoms with Crippen LogP contribution in [0.2, 0.25) is 0 Å². The molecular formula is C12H12O3. The predicted octanol–water partition coefficient (Wildman–Crippen LogP) is 2.25. The first-order valence-corrected chi connectivity index (χ1v) is 4.83. The molecule has 0 unspecified atom stereocenters. The van der Waals surface area contributed by atoms with Crippen LogP contribution in [0, 0.1) is 0 Å². The summed E-state index contributed by atoms with van der Waals surface area (Å²) in [5, 5.41) is 9.06. The van der Waals surface area contributed by atoms with Gasteiger partial charge in [-0.2, -0.15) is 0 Å². The zero-order valence-corrected chi connectivity index (χ0v) is 8.70. The predicted molar refractivity (Wildman–Crippen MR) is 55.4 cm³/mol. The molecule has 0 heterocycles. The molecule has 0 bridgehead atoms. The summed E-state index contributed by atoms with van der Waals surface area (Å²) >= 11 is 0. The number of rotatable bonds is 1. The molecule has 2 rings (SSSR count). The van der Waals surface area contributed by atoms with E-state index < -0.39 is 5.97 Å². The van der Waals surface area contributed by atoms with Gasteiger partial charge in [-0.25, -0.2) is 4.79 Å². The molecule has 0 radical (unpaired) electrons. The highest BCUT2D eigenvalue weighted by atomic mass is 16.4. The van der Waals surface area contributed by atoms with Gasteiger partial charge in [-0.15, -0.1) is 0 Å². The van der Waals surface area contributed by atoms with Crippen molar-refractivity contribution in [1.82, 2.24) is 0 Å². The summed E-state index contributed by atoms with van der Waals surface area (Å²) in [4.78, 5) is 22.7. The van der Waals surface area contributed by atoms with Crippen LogP contribution in [0.5, 0.6) is 0 Å². The number of carbonyl (C=O) groups excluding carboxylic acids is 1. The van der Waals surface area contributed by atoms with E-state index in [0.717, 1.165) is 0 Å². The maximum absolute atomic E-state index is 11.7. The molecule has 0 aliphatic heterocycles. The highest BCUT2D eigenvalue weighted by molar-refractivity contribution is 6.05. The first-order valence-electron chi connectivity index (χ1n) is 4.83. The average molecular weight is 204 g/mol. The smallest absolute Gasteiger partial charge is 0.336 e. The lowest BCUT2D eigenvalue weighted by atomic mass is 9.83. The fourth-order valence-corrected chi connectivity index (χ4v) is 2.28. The highest BCUT2D eigenvalue weighted by Gasteiger charge is 2.38. The minimum atomic E-state index is -0.963. The molecule has 1 aromatic rings. The lowest BCUT2D eigenvalue weighted by Crippen LogP contribution is -2.17. The van der Waals surface area contributed by atoms with Gasteiger partial charge in [0, 0.05) is 12.0 Å². The van der Waals surface area contributed by atoms with Crippen LogP contribution in [0.25, 0.3) is 0 Å². The van der Waals surface area contributed by atoms with Gasteiger partial charge in [-0.05, 0) is 17.0 Å². The summed E-state index contributed by atoms with van der Waals surface area (Å²) in [5.41, 5.74) is 1.15. The Balaban J connectivity index is 2.75. The van der Waals surface area contributed by atoms with E-state index in [0.29, 0.717) is 17.5 Å². The van der Waals surface area contributed by atoms with Gasteiger partial charge in [0.15, 0.2) is 5.78 Å².